The van der Waals surface area contributed by atoms with E-state index in [1.54, 1.807) is 12.4 Å². The predicted molar refractivity (Wildman–Crippen MR) is 87.0 cm³/mol. The summed E-state index contributed by atoms with van der Waals surface area (Å²) < 4.78 is 0. The van der Waals surface area contributed by atoms with Gasteiger partial charge in [0.1, 0.15) is 0 Å². The molecule has 0 radical (unpaired) electrons. The van der Waals surface area contributed by atoms with E-state index in [0.29, 0.717) is 11.8 Å². The predicted octanol–water partition coefficient (Wildman–Crippen LogP) is 1.74. The first kappa shape index (κ1) is 16.3. The summed E-state index contributed by atoms with van der Waals surface area (Å²) in [6.45, 7) is 2.24. The first-order chi connectivity index (χ1) is 11.5. The van der Waals surface area contributed by atoms with Gasteiger partial charge in [-0.25, -0.2) is 0 Å². The van der Waals surface area contributed by atoms with Gasteiger partial charge in [0.25, 0.3) is 0 Å². The summed E-state index contributed by atoms with van der Waals surface area (Å²) in [6.07, 6.45) is 4.26. The number of hydrogen-bond donors (Lipinski definition) is 3. The maximum Gasteiger partial charge on any atom is 0.303 e. The minimum Gasteiger partial charge on any atom is -0.481 e. The SMILES string of the molecule is O=C(O)CCC(=O)O.c1cnc2cc3c(cc2n1)[C@@H]1CNC[C@H]3C1. The molecule has 7 heteroatoms. The van der Waals surface area contributed by atoms with Crippen molar-refractivity contribution >= 4 is 23.0 Å². The second kappa shape index (κ2) is 6.92. The van der Waals surface area contributed by atoms with E-state index >= 15 is 0 Å². The zero-order valence-corrected chi connectivity index (χ0v) is 13.1. The Bertz CT molecular complexity index is 715. The first-order valence-electron chi connectivity index (χ1n) is 7.93. The monoisotopic (exact) mass is 329 g/mol. The average molecular weight is 329 g/mol. The normalized spacial score (nSPS) is 20.8. The molecule has 2 aromatic rings. The van der Waals surface area contributed by atoms with Crippen LogP contribution in [-0.2, 0) is 9.59 Å². The molecule has 2 atom stereocenters. The number of piperidine rings is 1. The summed E-state index contributed by atoms with van der Waals surface area (Å²) >= 11 is 0. The highest BCUT2D eigenvalue weighted by atomic mass is 16.4. The molecule has 2 bridgehead atoms. The Morgan fingerprint density at radius 2 is 1.42 bits per heavy atom. The van der Waals surface area contributed by atoms with Crippen molar-refractivity contribution in [1.82, 2.24) is 15.3 Å². The molecule has 126 valence electrons. The van der Waals surface area contributed by atoms with Crippen LogP contribution in [0.15, 0.2) is 24.5 Å². The maximum atomic E-state index is 9.64. The smallest absolute Gasteiger partial charge is 0.303 e. The van der Waals surface area contributed by atoms with Crippen LogP contribution in [-0.4, -0.2) is 45.2 Å². The van der Waals surface area contributed by atoms with E-state index in [-0.39, 0.29) is 12.8 Å². The summed E-state index contributed by atoms with van der Waals surface area (Å²) in [5, 5.41) is 19.3. The van der Waals surface area contributed by atoms with Gasteiger partial charge in [0, 0.05) is 25.5 Å². The average Bonchev–Trinajstić information content (AvgIpc) is 2.82. The number of aliphatic carboxylic acids is 2. The summed E-state index contributed by atoms with van der Waals surface area (Å²) in [7, 11) is 0. The van der Waals surface area contributed by atoms with E-state index in [1.807, 2.05) is 0 Å². The summed E-state index contributed by atoms with van der Waals surface area (Å²) in [6, 6.07) is 4.49. The molecule has 1 fully saturated rings. The van der Waals surface area contributed by atoms with Gasteiger partial charge in [-0.2, -0.15) is 0 Å². The molecule has 3 N–H and O–H groups in total. The fourth-order valence-corrected chi connectivity index (χ4v) is 3.38. The van der Waals surface area contributed by atoms with E-state index < -0.39 is 11.9 Å². The van der Waals surface area contributed by atoms with Crippen LogP contribution in [0.4, 0.5) is 0 Å². The third kappa shape index (κ3) is 3.51. The number of benzene rings is 1. The van der Waals surface area contributed by atoms with Gasteiger partial charge in [0.2, 0.25) is 0 Å². The summed E-state index contributed by atoms with van der Waals surface area (Å²) in [5.74, 6) is -0.764. The number of carboxylic acids is 2. The lowest BCUT2D eigenvalue weighted by atomic mass is 9.98. The fourth-order valence-electron chi connectivity index (χ4n) is 3.38. The molecule has 7 nitrogen and oxygen atoms in total. The van der Waals surface area contributed by atoms with E-state index in [1.165, 1.54) is 17.5 Å². The van der Waals surface area contributed by atoms with E-state index in [4.69, 9.17) is 10.2 Å². The van der Waals surface area contributed by atoms with Crippen molar-refractivity contribution in [3.63, 3.8) is 0 Å². The van der Waals surface area contributed by atoms with Crippen molar-refractivity contribution in [3.05, 3.63) is 35.7 Å². The van der Waals surface area contributed by atoms with Gasteiger partial charge in [-0.1, -0.05) is 0 Å². The van der Waals surface area contributed by atoms with Crippen molar-refractivity contribution in [3.8, 4) is 0 Å². The molecule has 2 aliphatic rings. The zero-order valence-electron chi connectivity index (χ0n) is 13.1. The van der Waals surface area contributed by atoms with Gasteiger partial charge in [-0.3, -0.25) is 19.6 Å². The first-order valence-corrected chi connectivity index (χ1v) is 7.93. The highest BCUT2D eigenvalue weighted by Crippen LogP contribution is 2.44. The van der Waals surface area contributed by atoms with Gasteiger partial charge in [-0.05, 0) is 41.5 Å². The molecule has 4 rings (SSSR count). The van der Waals surface area contributed by atoms with Crippen molar-refractivity contribution in [2.75, 3.05) is 13.1 Å². The molecule has 0 spiro atoms. The maximum absolute atomic E-state index is 9.64. The second-order valence-corrected chi connectivity index (χ2v) is 6.10. The van der Waals surface area contributed by atoms with Crippen molar-refractivity contribution in [2.24, 2.45) is 0 Å². The highest BCUT2D eigenvalue weighted by molar-refractivity contribution is 5.77. The van der Waals surface area contributed by atoms with Gasteiger partial charge in [0.15, 0.2) is 0 Å². The fraction of sp³-hybridized carbons (Fsp3) is 0.412. The van der Waals surface area contributed by atoms with Crippen LogP contribution in [0.3, 0.4) is 0 Å². The van der Waals surface area contributed by atoms with Crippen LogP contribution in [0.5, 0.6) is 0 Å². The van der Waals surface area contributed by atoms with Gasteiger partial charge < -0.3 is 15.5 Å². The highest BCUT2D eigenvalue weighted by Gasteiger charge is 2.34. The number of nitrogens with one attached hydrogen (secondary N) is 1. The van der Waals surface area contributed by atoms with Crippen molar-refractivity contribution in [1.29, 1.82) is 0 Å². The Labute approximate surface area is 138 Å². The number of fused-ring (bicyclic) bond motifs is 6. The van der Waals surface area contributed by atoms with Gasteiger partial charge in [-0.15, -0.1) is 0 Å². The molecule has 1 aromatic carbocycles. The number of hydrogen-bond acceptors (Lipinski definition) is 5. The molecule has 0 unspecified atom stereocenters. The quantitative estimate of drug-likeness (QED) is 0.786. The lowest BCUT2D eigenvalue weighted by Gasteiger charge is -2.19. The summed E-state index contributed by atoms with van der Waals surface area (Å²) in [4.78, 5) is 28.1. The lowest BCUT2D eigenvalue weighted by Crippen LogP contribution is -2.28. The van der Waals surface area contributed by atoms with Gasteiger partial charge in [0.05, 0.1) is 23.9 Å². The lowest BCUT2D eigenvalue weighted by molar-refractivity contribution is -0.143. The third-order valence-electron chi connectivity index (χ3n) is 4.46. The summed E-state index contributed by atoms with van der Waals surface area (Å²) in [5.41, 5.74) is 5.08. The van der Waals surface area contributed by atoms with Crippen molar-refractivity contribution in [2.45, 2.75) is 31.1 Å². The van der Waals surface area contributed by atoms with Crippen molar-refractivity contribution < 1.29 is 19.8 Å². The van der Waals surface area contributed by atoms with Crippen LogP contribution in [0, 0.1) is 0 Å². The number of carboxylic acid groups (broad SMARTS) is 2. The Hall–Kier alpha value is -2.54. The van der Waals surface area contributed by atoms with E-state index in [9.17, 15) is 9.59 Å². The molecule has 1 aromatic heterocycles. The molecule has 0 amide bonds. The van der Waals surface area contributed by atoms with Crippen LogP contribution in [0.2, 0.25) is 0 Å². The van der Waals surface area contributed by atoms with Crippen LogP contribution >= 0.6 is 0 Å². The molecule has 1 saturated heterocycles. The minimum atomic E-state index is -1.08. The van der Waals surface area contributed by atoms with E-state index in [0.717, 1.165) is 24.1 Å². The topological polar surface area (TPSA) is 112 Å². The van der Waals surface area contributed by atoms with Crippen LogP contribution < -0.4 is 5.32 Å². The second-order valence-electron chi connectivity index (χ2n) is 6.10. The Kier molecular flexibility index (Phi) is 4.71. The molecule has 0 saturated carbocycles. The largest absolute Gasteiger partial charge is 0.481 e. The molecule has 24 heavy (non-hydrogen) atoms. The molecule has 1 aliphatic carbocycles. The minimum absolute atomic E-state index is 0.296. The standard InChI is InChI=1S/C13H13N3.C4H6O4/c1-2-16-13-5-11-9-3-8(6-14-7-9)10(11)4-12(13)15-1;5-3(6)1-2-4(7)8/h1-2,4-5,8-9,14H,3,6-7H2;1-2H2,(H,5,6)(H,7,8)/t8-,9+;. The molecular formula is C17H19N3O4. The van der Waals surface area contributed by atoms with Gasteiger partial charge >= 0.3 is 11.9 Å². The number of aromatic nitrogens is 2. The molecule has 2 heterocycles. The number of carbonyl (C=O) groups is 2. The Balaban J connectivity index is 0.000000183. The molecule has 1 aliphatic heterocycles. The number of nitrogens with zero attached hydrogens (tertiary/aromatic N) is 2. The van der Waals surface area contributed by atoms with E-state index in [2.05, 4.69) is 27.4 Å². The molecular weight excluding hydrogens is 310 g/mol. The van der Waals surface area contributed by atoms with Crippen LogP contribution in [0.25, 0.3) is 11.0 Å². The van der Waals surface area contributed by atoms with Crippen LogP contribution in [0.1, 0.15) is 42.2 Å². The Morgan fingerprint density at radius 3 is 1.83 bits per heavy atom. The number of rotatable bonds is 3. The third-order valence-corrected chi connectivity index (χ3v) is 4.46. The zero-order chi connectivity index (χ0) is 17.1. The Morgan fingerprint density at radius 1 is 0.958 bits per heavy atom.